The van der Waals surface area contributed by atoms with Gasteiger partial charge in [-0.25, -0.2) is 4.79 Å². The number of terminal acetylenes is 1. The lowest BCUT2D eigenvalue weighted by Gasteiger charge is -2.36. The molecule has 1 rings (SSSR count). The summed E-state index contributed by atoms with van der Waals surface area (Å²) in [7, 11) is 0. The van der Waals surface area contributed by atoms with E-state index in [0.29, 0.717) is 5.57 Å². The molecule has 1 saturated heterocycles. The summed E-state index contributed by atoms with van der Waals surface area (Å²) in [5.74, 6) is 1.93. The van der Waals surface area contributed by atoms with E-state index in [9.17, 15) is 4.79 Å². The molecule has 82 valence electrons. The quantitative estimate of drug-likeness (QED) is 0.346. The van der Waals surface area contributed by atoms with E-state index < -0.39 is 6.29 Å². The van der Waals surface area contributed by atoms with E-state index >= 15 is 0 Å². The molecule has 1 heterocycles. The molecule has 0 radical (unpaired) electrons. The fourth-order valence-electron chi connectivity index (χ4n) is 1.26. The number of allylic oxidation sites excluding steroid dienone is 1. The molecule has 15 heavy (non-hydrogen) atoms. The van der Waals surface area contributed by atoms with Crippen LogP contribution in [-0.2, 0) is 14.3 Å². The van der Waals surface area contributed by atoms with Crippen LogP contribution in [0.5, 0.6) is 0 Å². The van der Waals surface area contributed by atoms with Crippen LogP contribution in [0, 0.1) is 17.8 Å². The van der Waals surface area contributed by atoms with Gasteiger partial charge in [-0.1, -0.05) is 26.7 Å². The number of carbonyl (C=O) groups is 1. The number of cyclic esters (lactones) is 1. The molecule has 0 aromatic heterocycles. The third-order valence-electron chi connectivity index (χ3n) is 2.16. The number of carbonyl (C=O) groups excluding carboxylic acids is 1. The van der Waals surface area contributed by atoms with Gasteiger partial charge in [-0.15, -0.1) is 6.42 Å². The van der Waals surface area contributed by atoms with Gasteiger partial charge in [0.15, 0.2) is 0 Å². The first-order chi connectivity index (χ1) is 6.86. The van der Waals surface area contributed by atoms with Crippen LogP contribution in [0.3, 0.4) is 0 Å². The molecule has 0 amide bonds. The van der Waals surface area contributed by atoms with Crippen molar-refractivity contribution in [2.45, 2.75) is 40.1 Å². The van der Waals surface area contributed by atoms with E-state index in [1.54, 1.807) is 6.92 Å². The average Bonchev–Trinajstić information content (AvgIpc) is 2.09. The number of hydrogen-bond donors (Lipinski definition) is 0. The zero-order valence-electron chi connectivity index (χ0n) is 9.53. The second-order valence-electron chi connectivity index (χ2n) is 4.65. The van der Waals surface area contributed by atoms with Crippen LogP contribution in [0.15, 0.2) is 11.6 Å². The van der Waals surface area contributed by atoms with Gasteiger partial charge in [-0.2, -0.15) is 0 Å². The molecule has 3 heteroatoms. The topological polar surface area (TPSA) is 35.5 Å². The van der Waals surface area contributed by atoms with Crippen LogP contribution in [0.25, 0.3) is 0 Å². The van der Waals surface area contributed by atoms with Crippen molar-refractivity contribution in [2.75, 3.05) is 0 Å². The summed E-state index contributed by atoms with van der Waals surface area (Å²) in [5.41, 5.74) is 0.170. The van der Waals surface area contributed by atoms with Gasteiger partial charge in [-0.3, -0.25) is 0 Å². The Morgan fingerprint density at radius 3 is 2.47 bits per heavy atom. The van der Waals surface area contributed by atoms with E-state index in [1.807, 2.05) is 20.8 Å². The molecule has 0 aromatic rings. The maximum atomic E-state index is 11.6. The minimum Gasteiger partial charge on any atom is -0.432 e. The molecular formula is C12H16O3. The molecule has 0 aromatic carbocycles. The van der Waals surface area contributed by atoms with Gasteiger partial charge in [0.2, 0.25) is 6.29 Å². The van der Waals surface area contributed by atoms with Crippen LogP contribution >= 0.6 is 0 Å². The molecule has 2 atom stereocenters. The predicted octanol–water partition coefficient (Wildman–Crippen LogP) is 1.88. The van der Waals surface area contributed by atoms with Gasteiger partial charge in [0.05, 0.1) is 11.7 Å². The van der Waals surface area contributed by atoms with Crippen molar-refractivity contribution >= 4 is 5.97 Å². The lowest BCUT2D eigenvalue weighted by Crippen LogP contribution is -2.43. The molecule has 1 aliphatic rings. The Morgan fingerprint density at radius 1 is 1.47 bits per heavy atom. The molecule has 0 saturated carbocycles. The third kappa shape index (κ3) is 2.60. The maximum Gasteiger partial charge on any atom is 0.339 e. The maximum absolute atomic E-state index is 11.6. The molecule has 0 aliphatic carbocycles. The van der Waals surface area contributed by atoms with Crippen LogP contribution in [0.4, 0.5) is 0 Å². The summed E-state index contributed by atoms with van der Waals surface area (Å²) in [4.78, 5) is 11.6. The smallest absolute Gasteiger partial charge is 0.339 e. The Labute approximate surface area is 90.4 Å². The second kappa shape index (κ2) is 4.08. The first-order valence-electron chi connectivity index (χ1n) is 4.89. The summed E-state index contributed by atoms with van der Waals surface area (Å²) in [6.07, 6.45) is 5.68. The Kier molecular flexibility index (Phi) is 3.21. The Morgan fingerprint density at radius 2 is 2.07 bits per heavy atom. The zero-order chi connectivity index (χ0) is 11.6. The Hall–Kier alpha value is -1.27. The minimum absolute atomic E-state index is 0.231. The first kappa shape index (κ1) is 11.8. The highest BCUT2D eigenvalue weighted by Crippen LogP contribution is 2.30. The zero-order valence-corrected chi connectivity index (χ0v) is 9.53. The van der Waals surface area contributed by atoms with Gasteiger partial charge in [-0.05, 0) is 6.92 Å². The molecule has 1 aliphatic heterocycles. The normalized spacial score (nSPS) is 29.8. The number of esters is 1. The monoisotopic (exact) mass is 208 g/mol. The third-order valence-corrected chi connectivity index (χ3v) is 2.16. The highest BCUT2D eigenvalue weighted by molar-refractivity contribution is 5.90. The van der Waals surface area contributed by atoms with Crippen LogP contribution < -0.4 is 0 Å². The molecule has 0 bridgehead atoms. The van der Waals surface area contributed by atoms with Crippen LogP contribution in [0.1, 0.15) is 27.7 Å². The van der Waals surface area contributed by atoms with Gasteiger partial charge in [0, 0.05) is 11.5 Å². The molecule has 3 nitrogen and oxygen atoms in total. The van der Waals surface area contributed by atoms with Gasteiger partial charge < -0.3 is 9.47 Å². The van der Waals surface area contributed by atoms with Crippen molar-refractivity contribution in [3.8, 4) is 12.3 Å². The van der Waals surface area contributed by atoms with Crippen molar-refractivity contribution in [3.05, 3.63) is 11.6 Å². The fourth-order valence-corrected chi connectivity index (χ4v) is 1.26. The number of ether oxygens (including phenoxy) is 2. The molecule has 0 spiro atoms. The van der Waals surface area contributed by atoms with Gasteiger partial charge in [0.25, 0.3) is 0 Å². The van der Waals surface area contributed by atoms with Gasteiger partial charge >= 0.3 is 5.97 Å². The molecular weight excluding hydrogens is 192 g/mol. The highest BCUT2D eigenvalue weighted by atomic mass is 16.7. The van der Waals surface area contributed by atoms with Crippen molar-refractivity contribution in [3.63, 3.8) is 0 Å². The lowest BCUT2D eigenvalue weighted by molar-refractivity contribution is -0.225. The number of hydrogen-bond acceptors (Lipinski definition) is 3. The van der Waals surface area contributed by atoms with E-state index in [-0.39, 0.29) is 17.5 Å². The first-order valence-corrected chi connectivity index (χ1v) is 4.89. The summed E-state index contributed by atoms with van der Waals surface area (Å²) in [6.45, 7) is 7.65. The Bertz CT molecular complexity index is 328. The van der Waals surface area contributed by atoms with E-state index in [1.165, 1.54) is 6.08 Å². The van der Waals surface area contributed by atoms with Crippen molar-refractivity contribution in [2.24, 2.45) is 5.41 Å². The Balaban J connectivity index is 2.86. The van der Waals surface area contributed by atoms with Gasteiger partial charge in [0.1, 0.15) is 0 Å². The standard InChI is InChI=1S/C12H16O3/c1-6-7-9-8(2)14-11(12(3,4)5)15-10(9)13/h1,7-8,11H,2-5H3/b9-7+/t8-,11-/m1/s1. The van der Waals surface area contributed by atoms with Crippen LogP contribution in [-0.4, -0.2) is 18.4 Å². The van der Waals surface area contributed by atoms with E-state index in [2.05, 4.69) is 5.92 Å². The number of rotatable bonds is 0. The molecule has 0 unspecified atom stereocenters. The SMILES string of the molecule is C#C/C=C1/C(=O)O[C@H](C(C)(C)C)O[C@@H]1C. The van der Waals surface area contributed by atoms with E-state index in [0.717, 1.165) is 0 Å². The van der Waals surface area contributed by atoms with Crippen molar-refractivity contribution < 1.29 is 14.3 Å². The molecule has 0 N–H and O–H groups in total. The summed E-state index contributed by atoms with van der Waals surface area (Å²) in [5, 5.41) is 0. The van der Waals surface area contributed by atoms with Crippen molar-refractivity contribution in [1.29, 1.82) is 0 Å². The van der Waals surface area contributed by atoms with Crippen molar-refractivity contribution in [1.82, 2.24) is 0 Å². The highest BCUT2D eigenvalue weighted by Gasteiger charge is 2.38. The molecule has 1 fully saturated rings. The largest absolute Gasteiger partial charge is 0.432 e. The minimum atomic E-state index is -0.519. The average molecular weight is 208 g/mol. The van der Waals surface area contributed by atoms with E-state index in [4.69, 9.17) is 15.9 Å². The summed E-state index contributed by atoms with van der Waals surface area (Å²) < 4.78 is 10.7. The van der Waals surface area contributed by atoms with Crippen LogP contribution in [0.2, 0.25) is 0 Å². The fraction of sp³-hybridized carbons (Fsp3) is 0.583. The second-order valence-corrected chi connectivity index (χ2v) is 4.65. The summed E-state index contributed by atoms with van der Waals surface area (Å²) in [6, 6.07) is 0. The lowest BCUT2D eigenvalue weighted by atomic mass is 9.94. The summed E-state index contributed by atoms with van der Waals surface area (Å²) >= 11 is 0. The predicted molar refractivity (Wildman–Crippen MR) is 56.8 cm³/mol.